The molecule has 0 atom stereocenters. The van der Waals surface area contributed by atoms with Gasteiger partial charge in [-0.3, -0.25) is 0 Å². The fourth-order valence-corrected chi connectivity index (χ4v) is 4.39. The molecule has 0 aliphatic rings. The van der Waals surface area contributed by atoms with Crippen molar-refractivity contribution in [1.82, 2.24) is 4.98 Å². The Bertz CT molecular complexity index is 1300. The number of ether oxygens (including phenoxy) is 1. The van der Waals surface area contributed by atoms with Crippen LogP contribution in [-0.2, 0) is 10.1 Å². The SMILES string of the molecule is CCCOc1ccc(S(=O)(=O)Oc2cccc3ccc(C)nc23)c2ccccc12. The van der Waals surface area contributed by atoms with Gasteiger partial charge in [0, 0.05) is 21.9 Å². The van der Waals surface area contributed by atoms with Crippen LogP contribution < -0.4 is 8.92 Å². The zero-order valence-corrected chi connectivity index (χ0v) is 17.1. The number of benzene rings is 3. The van der Waals surface area contributed by atoms with Gasteiger partial charge in [0.05, 0.1) is 6.61 Å². The van der Waals surface area contributed by atoms with Crippen LogP contribution in [0, 0.1) is 6.92 Å². The van der Waals surface area contributed by atoms with Crippen molar-refractivity contribution in [2.45, 2.75) is 25.2 Å². The van der Waals surface area contributed by atoms with Crippen LogP contribution in [0.1, 0.15) is 19.0 Å². The van der Waals surface area contributed by atoms with E-state index in [2.05, 4.69) is 4.98 Å². The zero-order chi connectivity index (χ0) is 20.4. The van der Waals surface area contributed by atoms with Crippen molar-refractivity contribution < 1.29 is 17.3 Å². The zero-order valence-electron chi connectivity index (χ0n) is 16.3. The number of hydrogen-bond acceptors (Lipinski definition) is 5. The number of aryl methyl sites for hydroxylation is 1. The maximum absolute atomic E-state index is 13.2. The summed E-state index contributed by atoms with van der Waals surface area (Å²) in [6.07, 6.45) is 0.866. The predicted molar refractivity (Wildman–Crippen MR) is 114 cm³/mol. The number of rotatable bonds is 6. The van der Waals surface area contributed by atoms with E-state index in [0.717, 1.165) is 22.9 Å². The second-order valence-electron chi connectivity index (χ2n) is 6.77. The molecule has 3 aromatic carbocycles. The smallest absolute Gasteiger partial charge is 0.339 e. The summed E-state index contributed by atoms with van der Waals surface area (Å²) < 4.78 is 37.7. The molecule has 0 bridgehead atoms. The summed E-state index contributed by atoms with van der Waals surface area (Å²) in [7, 11) is -4.08. The van der Waals surface area contributed by atoms with Gasteiger partial charge in [-0.05, 0) is 37.6 Å². The van der Waals surface area contributed by atoms with Crippen LogP contribution in [0.3, 0.4) is 0 Å². The van der Waals surface area contributed by atoms with Crippen LogP contribution in [0.15, 0.2) is 71.6 Å². The number of pyridine rings is 1. The molecule has 0 unspecified atom stereocenters. The van der Waals surface area contributed by atoms with Gasteiger partial charge in [0.2, 0.25) is 0 Å². The molecule has 4 aromatic rings. The van der Waals surface area contributed by atoms with E-state index in [9.17, 15) is 8.42 Å². The average Bonchev–Trinajstić information content (AvgIpc) is 2.72. The van der Waals surface area contributed by atoms with Gasteiger partial charge in [0.1, 0.15) is 16.2 Å². The second kappa shape index (κ2) is 7.72. The Kier molecular flexibility index (Phi) is 5.11. The Morgan fingerprint density at radius 3 is 2.45 bits per heavy atom. The van der Waals surface area contributed by atoms with Gasteiger partial charge in [-0.1, -0.05) is 49.4 Å². The molecule has 0 fully saturated rings. The first-order chi connectivity index (χ1) is 14.0. The number of fused-ring (bicyclic) bond motifs is 2. The summed E-state index contributed by atoms with van der Waals surface area (Å²) in [5, 5.41) is 2.11. The first-order valence-corrected chi connectivity index (χ1v) is 10.9. The summed E-state index contributed by atoms with van der Waals surface area (Å²) in [6.45, 7) is 4.44. The van der Waals surface area contributed by atoms with Crippen molar-refractivity contribution in [3.8, 4) is 11.5 Å². The van der Waals surface area contributed by atoms with Gasteiger partial charge in [0.15, 0.2) is 5.75 Å². The number of nitrogens with zero attached hydrogens (tertiary/aromatic N) is 1. The Labute approximate surface area is 170 Å². The molecule has 5 nitrogen and oxygen atoms in total. The Morgan fingerprint density at radius 2 is 1.66 bits per heavy atom. The lowest BCUT2D eigenvalue weighted by Gasteiger charge is -2.14. The molecule has 0 N–H and O–H groups in total. The van der Waals surface area contributed by atoms with Crippen LogP contribution in [0.2, 0.25) is 0 Å². The molecule has 6 heteroatoms. The second-order valence-corrected chi connectivity index (χ2v) is 8.29. The van der Waals surface area contributed by atoms with Crippen molar-refractivity contribution in [2.24, 2.45) is 0 Å². The van der Waals surface area contributed by atoms with E-state index in [4.69, 9.17) is 8.92 Å². The first kappa shape index (κ1) is 19.2. The molecule has 0 spiro atoms. The molecular weight excluding hydrogens is 386 g/mol. The normalized spacial score (nSPS) is 11.7. The summed E-state index contributed by atoms with van der Waals surface area (Å²) in [5.41, 5.74) is 1.30. The highest BCUT2D eigenvalue weighted by atomic mass is 32.2. The summed E-state index contributed by atoms with van der Waals surface area (Å²) >= 11 is 0. The molecule has 1 aromatic heterocycles. The van der Waals surface area contributed by atoms with Crippen LogP contribution in [-0.4, -0.2) is 20.0 Å². The third-order valence-electron chi connectivity index (χ3n) is 4.60. The van der Waals surface area contributed by atoms with E-state index in [-0.39, 0.29) is 10.6 Å². The Balaban J connectivity index is 1.81. The first-order valence-electron chi connectivity index (χ1n) is 9.45. The molecular formula is C23H21NO4S. The van der Waals surface area contributed by atoms with Crippen molar-refractivity contribution in [3.63, 3.8) is 0 Å². The summed E-state index contributed by atoms with van der Waals surface area (Å²) in [4.78, 5) is 4.55. The van der Waals surface area contributed by atoms with Gasteiger partial charge < -0.3 is 8.92 Å². The van der Waals surface area contributed by atoms with Crippen LogP contribution in [0.25, 0.3) is 21.7 Å². The van der Waals surface area contributed by atoms with Crippen molar-refractivity contribution in [1.29, 1.82) is 0 Å². The lowest BCUT2D eigenvalue weighted by Crippen LogP contribution is -2.11. The lowest BCUT2D eigenvalue weighted by molar-refractivity contribution is 0.321. The van der Waals surface area contributed by atoms with Gasteiger partial charge in [-0.2, -0.15) is 8.42 Å². The van der Waals surface area contributed by atoms with Crippen molar-refractivity contribution in [3.05, 3.63) is 72.4 Å². The maximum atomic E-state index is 13.2. The predicted octanol–water partition coefficient (Wildman–Crippen LogP) is 5.25. The highest BCUT2D eigenvalue weighted by Gasteiger charge is 2.22. The molecule has 0 saturated carbocycles. The fraction of sp³-hybridized carbons (Fsp3) is 0.174. The third kappa shape index (κ3) is 3.76. The number of hydrogen-bond donors (Lipinski definition) is 0. The topological polar surface area (TPSA) is 65.5 Å². The molecule has 0 radical (unpaired) electrons. The highest BCUT2D eigenvalue weighted by Crippen LogP contribution is 2.34. The largest absolute Gasteiger partial charge is 0.493 e. The quantitative estimate of drug-likeness (QED) is 0.408. The average molecular weight is 407 g/mol. The lowest BCUT2D eigenvalue weighted by atomic mass is 10.1. The Hall–Kier alpha value is -3.12. The third-order valence-corrected chi connectivity index (χ3v) is 5.89. The molecule has 148 valence electrons. The maximum Gasteiger partial charge on any atom is 0.339 e. The molecule has 0 amide bonds. The highest BCUT2D eigenvalue weighted by molar-refractivity contribution is 7.87. The van der Waals surface area contributed by atoms with E-state index < -0.39 is 10.1 Å². The minimum atomic E-state index is -4.08. The molecule has 1 heterocycles. The Morgan fingerprint density at radius 1 is 0.862 bits per heavy atom. The van der Waals surface area contributed by atoms with Gasteiger partial charge >= 0.3 is 10.1 Å². The van der Waals surface area contributed by atoms with Crippen LogP contribution >= 0.6 is 0 Å². The minimum Gasteiger partial charge on any atom is -0.493 e. The molecule has 0 saturated heterocycles. The van der Waals surface area contributed by atoms with E-state index >= 15 is 0 Å². The summed E-state index contributed by atoms with van der Waals surface area (Å²) in [6, 6.07) is 19.5. The number of aromatic nitrogens is 1. The van der Waals surface area contributed by atoms with Crippen molar-refractivity contribution in [2.75, 3.05) is 6.61 Å². The summed E-state index contributed by atoms with van der Waals surface area (Å²) in [5.74, 6) is 0.866. The minimum absolute atomic E-state index is 0.0987. The fourth-order valence-electron chi connectivity index (χ4n) is 3.25. The van der Waals surface area contributed by atoms with E-state index in [1.807, 2.05) is 44.2 Å². The van der Waals surface area contributed by atoms with Gasteiger partial charge in [0.25, 0.3) is 0 Å². The monoisotopic (exact) mass is 407 g/mol. The van der Waals surface area contributed by atoms with Gasteiger partial charge in [-0.15, -0.1) is 0 Å². The van der Waals surface area contributed by atoms with Crippen LogP contribution in [0.4, 0.5) is 0 Å². The number of para-hydroxylation sites is 1. The van der Waals surface area contributed by atoms with Gasteiger partial charge in [-0.25, -0.2) is 4.98 Å². The molecule has 29 heavy (non-hydrogen) atoms. The van der Waals surface area contributed by atoms with Crippen LogP contribution in [0.5, 0.6) is 11.5 Å². The standard InChI is InChI=1S/C23H21NO4S/c1-3-15-27-20-13-14-22(19-9-5-4-8-18(19)20)29(25,26)28-21-10-6-7-17-12-11-16(2)24-23(17)21/h4-14H,3,15H2,1-2H3. The molecule has 0 aliphatic carbocycles. The van der Waals surface area contributed by atoms with Crippen molar-refractivity contribution >= 4 is 31.8 Å². The molecule has 0 aliphatic heterocycles. The van der Waals surface area contributed by atoms with E-state index in [1.54, 1.807) is 30.3 Å². The van der Waals surface area contributed by atoms with E-state index in [0.29, 0.717) is 23.3 Å². The molecule has 4 rings (SSSR count). The van der Waals surface area contributed by atoms with E-state index in [1.165, 1.54) is 6.07 Å².